The summed E-state index contributed by atoms with van der Waals surface area (Å²) in [5, 5.41) is 0. The van der Waals surface area contributed by atoms with Crippen molar-refractivity contribution in [1.29, 1.82) is 0 Å². The highest BCUT2D eigenvalue weighted by Gasteiger charge is 2.35. The Labute approximate surface area is 115 Å². The molecule has 1 aliphatic rings. The van der Waals surface area contributed by atoms with Gasteiger partial charge in [0.15, 0.2) is 0 Å². The number of rotatable bonds is 4. The number of hydrogen-bond acceptors (Lipinski definition) is 1. The molecule has 2 rings (SSSR count). The summed E-state index contributed by atoms with van der Waals surface area (Å²) in [6, 6.07) is 3.25. The summed E-state index contributed by atoms with van der Waals surface area (Å²) in [7, 11) is -1.26. The molecule has 2 nitrogen and oxygen atoms in total. The van der Waals surface area contributed by atoms with E-state index < -0.39 is 27.4 Å². The highest BCUT2D eigenvalue weighted by Crippen LogP contribution is 2.41. The van der Waals surface area contributed by atoms with Gasteiger partial charge in [-0.2, -0.15) is 0 Å². The van der Waals surface area contributed by atoms with Gasteiger partial charge in [0, 0.05) is 12.1 Å². The summed E-state index contributed by atoms with van der Waals surface area (Å²) < 4.78 is 41.4. The lowest BCUT2D eigenvalue weighted by atomic mass is 10.0. The lowest BCUT2D eigenvalue weighted by Crippen LogP contribution is -2.36. The molecule has 1 saturated carbocycles. The maximum Gasteiger partial charge on any atom is 0.126 e. The Bertz CT molecular complexity index is 474. The normalized spacial score (nSPS) is 19.2. The average Bonchev–Trinajstić information content (AvgIpc) is 3.06. The van der Waals surface area contributed by atoms with Gasteiger partial charge in [-0.05, 0) is 57.2 Å². The van der Waals surface area contributed by atoms with Crippen molar-refractivity contribution < 1.29 is 13.0 Å². The molecule has 1 aromatic carbocycles. The highest BCUT2D eigenvalue weighted by atomic mass is 32.2. The van der Waals surface area contributed by atoms with E-state index in [0.717, 1.165) is 18.9 Å². The van der Waals surface area contributed by atoms with Crippen LogP contribution in [0.2, 0.25) is 0 Å². The minimum atomic E-state index is -1.26. The van der Waals surface area contributed by atoms with Crippen molar-refractivity contribution in [3.8, 4) is 0 Å². The van der Waals surface area contributed by atoms with Crippen LogP contribution in [0.3, 0.4) is 0 Å². The molecule has 2 atom stereocenters. The van der Waals surface area contributed by atoms with Crippen LogP contribution in [0.25, 0.3) is 0 Å². The van der Waals surface area contributed by atoms with Crippen LogP contribution in [0, 0.1) is 17.6 Å². The predicted molar refractivity (Wildman–Crippen MR) is 72.9 cm³/mol. The molecule has 1 N–H and O–H groups in total. The first-order valence-electron chi connectivity index (χ1n) is 6.41. The molecule has 0 bridgehead atoms. The molecule has 1 fully saturated rings. The summed E-state index contributed by atoms with van der Waals surface area (Å²) in [6.07, 6.45) is 1.99. The lowest BCUT2D eigenvalue weighted by molar-refractivity contribution is 0.536. The van der Waals surface area contributed by atoms with E-state index in [0.29, 0.717) is 11.5 Å². The summed E-state index contributed by atoms with van der Waals surface area (Å²) >= 11 is 0. The molecule has 2 unspecified atom stereocenters. The minimum Gasteiger partial charge on any atom is -0.242 e. The Morgan fingerprint density at radius 1 is 1.21 bits per heavy atom. The summed E-state index contributed by atoms with van der Waals surface area (Å²) in [5.74, 6) is -0.875. The van der Waals surface area contributed by atoms with Crippen LogP contribution in [-0.4, -0.2) is 8.96 Å². The molecule has 1 aromatic rings. The van der Waals surface area contributed by atoms with Crippen molar-refractivity contribution in [1.82, 2.24) is 4.72 Å². The Hall–Kier alpha value is -0.810. The van der Waals surface area contributed by atoms with Crippen molar-refractivity contribution in [3.05, 3.63) is 35.4 Å². The Kier molecular flexibility index (Phi) is 4.06. The van der Waals surface area contributed by atoms with Gasteiger partial charge < -0.3 is 0 Å². The molecule has 0 aromatic heterocycles. The van der Waals surface area contributed by atoms with E-state index in [1.165, 1.54) is 12.1 Å². The van der Waals surface area contributed by atoms with Crippen LogP contribution >= 0.6 is 0 Å². The van der Waals surface area contributed by atoms with Crippen molar-refractivity contribution >= 4 is 11.0 Å². The largest absolute Gasteiger partial charge is 0.242 e. The molecule has 0 aliphatic heterocycles. The van der Waals surface area contributed by atoms with Gasteiger partial charge in [0.1, 0.15) is 11.6 Å². The number of halogens is 2. The van der Waals surface area contributed by atoms with E-state index >= 15 is 0 Å². The second kappa shape index (κ2) is 5.29. The summed E-state index contributed by atoms with van der Waals surface area (Å²) in [6.45, 7) is 5.60. The molecule has 106 valence electrons. The molecular weight excluding hydrogens is 268 g/mol. The first-order valence-corrected chi connectivity index (χ1v) is 7.56. The van der Waals surface area contributed by atoms with Crippen molar-refractivity contribution in [2.45, 2.75) is 44.4 Å². The SMILES string of the molecule is CC(C)(C)S(=O)NC(c1cc(F)cc(F)c1)C1CC1. The zero-order valence-electron chi connectivity index (χ0n) is 11.4. The standard InChI is InChI=1S/C14H19F2NOS/c1-14(2,3)19(18)17-13(9-4-5-9)10-6-11(15)8-12(16)7-10/h6-9,13,17H,4-5H2,1-3H3. The monoisotopic (exact) mass is 287 g/mol. The van der Waals surface area contributed by atoms with Crippen LogP contribution in [0.15, 0.2) is 18.2 Å². The zero-order valence-corrected chi connectivity index (χ0v) is 12.2. The van der Waals surface area contributed by atoms with Gasteiger partial charge in [0.25, 0.3) is 0 Å². The molecular formula is C14H19F2NOS. The zero-order chi connectivity index (χ0) is 14.2. The minimum absolute atomic E-state index is 0.245. The van der Waals surface area contributed by atoms with Crippen LogP contribution in [0.5, 0.6) is 0 Å². The Morgan fingerprint density at radius 2 is 1.74 bits per heavy atom. The van der Waals surface area contributed by atoms with E-state index in [4.69, 9.17) is 0 Å². The van der Waals surface area contributed by atoms with Gasteiger partial charge in [-0.3, -0.25) is 0 Å². The molecule has 19 heavy (non-hydrogen) atoms. The van der Waals surface area contributed by atoms with Gasteiger partial charge in [0.2, 0.25) is 0 Å². The van der Waals surface area contributed by atoms with E-state index in [9.17, 15) is 13.0 Å². The van der Waals surface area contributed by atoms with Crippen LogP contribution in [0.1, 0.15) is 45.2 Å². The smallest absolute Gasteiger partial charge is 0.126 e. The maximum atomic E-state index is 13.3. The van der Waals surface area contributed by atoms with Crippen LogP contribution in [0.4, 0.5) is 8.78 Å². The highest BCUT2D eigenvalue weighted by molar-refractivity contribution is 7.84. The van der Waals surface area contributed by atoms with E-state index in [1.807, 2.05) is 20.8 Å². The first-order chi connectivity index (χ1) is 8.77. The van der Waals surface area contributed by atoms with Gasteiger partial charge in [-0.25, -0.2) is 17.7 Å². The first kappa shape index (κ1) is 14.6. The van der Waals surface area contributed by atoms with Gasteiger partial charge in [-0.15, -0.1) is 0 Å². The fraction of sp³-hybridized carbons (Fsp3) is 0.571. The van der Waals surface area contributed by atoms with Crippen LogP contribution in [-0.2, 0) is 11.0 Å². The Balaban J connectivity index is 2.23. The summed E-state index contributed by atoms with van der Waals surface area (Å²) in [5.41, 5.74) is 0.539. The van der Waals surface area contributed by atoms with Crippen molar-refractivity contribution in [2.24, 2.45) is 5.92 Å². The maximum absolute atomic E-state index is 13.3. The number of hydrogen-bond donors (Lipinski definition) is 1. The predicted octanol–water partition coefficient (Wildman–Crippen LogP) is 3.47. The molecule has 1 aliphatic carbocycles. The molecule has 0 heterocycles. The molecule has 0 amide bonds. The van der Waals surface area contributed by atoms with E-state index in [-0.39, 0.29) is 6.04 Å². The van der Waals surface area contributed by atoms with E-state index in [1.54, 1.807) is 0 Å². The van der Waals surface area contributed by atoms with Gasteiger partial charge in [-0.1, -0.05) is 0 Å². The van der Waals surface area contributed by atoms with Gasteiger partial charge in [0.05, 0.1) is 15.7 Å². The fourth-order valence-electron chi connectivity index (χ4n) is 1.91. The third-order valence-corrected chi connectivity index (χ3v) is 4.71. The molecule has 0 saturated heterocycles. The second-order valence-electron chi connectivity index (χ2n) is 6.02. The quantitative estimate of drug-likeness (QED) is 0.902. The van der Waals surface area contributed by atoms with Crippen LogP contribution < -0.4 is 4.72 Å². The number of benzene rings is 1. The van der Waals surface area contributed by atoms with Gasteiger partial charge >= 0.3 is 0 Å². The molecule has 0 radical (unpaired) electrons. The Morgan fingerprint density at radius 3 is 2.16 bits per heavy atom. The average molecular weight is 287 g/mol. The third kappa shape index (κ3) is 3.83. The lowest BCUT2D eigenvalue weighted by Gasteiger charge is -2.24. The van der Waals surface area contributed by atoms with E-state index in [2.05, 4.69) is 4.72 Å². The second-order valence-corrected chi connectivity index (χ2v) is 8.01. The van der Waals surface area contributed by atoms with Crippen molar-refractivity contribution in [3.63, 3.8) is 0 Å². The summed E-state index contributed by atoms with van der Waals surface area (Å²) in [4.78, 5) is 0. The molecule has 0 spiro atoms. The number of nitrogens with one attached hydrogen (secondary N) is 1. The topological polar surface area (TPSA) is 29.1 Å². The molecule has 5 heteroatoms. The third-order valence-electron chi connectivity index (χ3n) is 3.13. The fourth-order valence-corrected chi connectivity index (χ4v) is 2.83. The van der Waals surface area contributed by atoms with Crippen molar-refractivity contribution in [2.75, 3.05) is 0 Å².